The van der Waals surface area contributed by atoms with E-state index < -0.39 is 0 Å². The molecule has 1 atom stereocenters. The van der Waals surface area contributed by atoms with Crippen molar-refractivity contribution in [1.29, 1.82) is 0 Å². The molecule has 0 amide bonds. The molecule has 0 aliphatic heterocycles. The van der Waals surface area contributed by atoms with E-state index in [2.05, 4.69) is 22.4 Å². The van der Waals surface area contributed by atoms with E-state index in [1.165, 1.54) is 0 Å². The van der Waals surface area contributed by atoms with Crippen molar-refractivity contribution in [3.05, 3.63) is 29.7 Å². The summed E-state index contributed by atoms with van der Waals surface area (Å²) in [5, 5.41) is 12.0. The summed E-state index contributed by atoms with van der Waals surface area (Å²) in [6, 6.07) is 2.25. The summed E-state index contributed by atoms with van der Waals surface area (Å²) < 4.78 is 9.07. The van der Waals surface area contributed by atoms with E-state index in [-0.39, 0.29) is 0 Å². The fraction of sp³-hybridized carbons (Fsp3) is 0.538. The number of methoxy groups -OCH3 is 1. The third-order valence-corrected chi connectivity index (χ3v) is 3.13. The quantitative estimate of drug-likeness (QED) is 0.848. The van der Waals surface area contributed by atoms with Crippen LogP contribution < -0.4 is 10.1 Å². The van der Waals surface area contributed by atoms with Crippen LogP contribution in [0.5, 0.6) is 5.88 Å². The van der Waals surface area contributed by atoms with E-state index in [0.717, 1.165) is 30.2 Å². The maximum absolute atomic E-state index is 5.38. The highest BCUT2D eigenvalue weighted by Crippen LogP contribution is 2.20. The minimum Gasteiger partial charge on any atom is -0.481 e. The molecular formula is C13H21N5O. The van der Waals surface area contributed by atoms with Crippen LogP contribution in [0.2, 0.25) is 0 Å². The van der Waals surface area contributed by atoms with E-state index in [4.69, 9.17) is 4.74 Å². The van der Waals surface area contributed by atoms with Gasteiger partial charge < -0.3 is 10.1 Å². The molecule has 0 aliphatic carbocycles. The molecular weight excluding hydrogens is 242 g/mol. The number of hydrogen-bond acceptors (Lipinski definition) is 4. The number of nitrogens with one attached hydrogen (secondary N) is 1. The molecule has 0 fully saturated rings. The Hall–Kier alpha value is -1.82. The van der Waals surface area contributed by atoms with Crippen LogP contribution in [0.15, 0.2) is 18.5 Å². The van der Waals surface area contributed by atoms with Gasteiger partial charge in [0.25, 0.3) is 0 Å². The molecule has 104 valence electrons. The highest BCUT2D eigenvalue weighted by Gasteiger charge is 2.14. The van der Waals surface area contributed by atoms with Crippen molar-refractivity contribution >= 4 is 0 Å². The van der Waals surface area contributed by atoms with Crippen LogP contribution in [0.3, 0.4) is 0 Å². The zero-order valence-electron chi connectivity index (χ0n) is 11.9. The second-order valence-corrected chi connectivity index (χ2v) is 4.71. The Bertz CT molecular complexity index is 517. The van der Waals surface area contributed by atoms with Crippen LogP contribution in [0.25, 0.3) is 0 Å². The van der Waals surface area contributed by atoms with E-state index >= 15 is 0 Å². The molecule has 6 nitrogen and oxygen atoms in total. The first-order valence-corrected chi connectivity index (χ1v) is 6.39. The van der Waals surface area contributed by atoms with Gasteiger partial charge in [0.1, 0.15) is 0 Å². The molecule has 0 aliphatic rings. The average Bonchev–Trinajstić information content (AvgIpc) is 2.94. The molecule has 0 spiro atoms. The lowest BCUT2D eigenvalue weighted by Gasteiger charge is -2.14. The molecule has 0 saturated heterocycles. The molecule has 1 unspecified atom stereocenters. The van der Waals surface area contributed by atoms with E-state index in [9.17, 15) is 0 Å². The van der Waals surface area contributed by atoms with Crippen LogP contribution in [-0.2, 0) is 20.1 Å². The Labute approximate surface area is 113 Å². The summed E-state index contributed by atoms with van der Waals surface area (Å²) >= 11 is 0. The second kappa shape index (κ2) is 5.88. The Morgan fingerprint density at radius 1 is 1.47 bits per heavy atom. The molecule has 6 heteroatoms. The Morgan fingerprint density at radius 3 is 2.89 bits per heavy atom. The van der Waals surface area contributed by atoms with Gasteiger partial charge in [0.05, 0.1) is 24.9 Å². The van der Waals surface area contributed by atoms with E-state index in [0.29, 0.717) is 6.04 Å². The summed E-state index contributed by atoms with van der Waals surface area (Å²) in [6.45, 7) is 5.72. The summed E-state index contributed by atoms with van der Waals surface area (Å²) in [5.74, 6) is 0.816. The minimum atomic E-state index is 0.323. The largest absolute Gasteiger partial charge is 0.481 e. The van der Waals surface area contributed by atoms with E-state index in [1.54, 1.807) is 18.0 Å². The van der Waals surface area contributed by atoms with Gasteiger partial charge in [0.2, 0.25) is 5.88 Å². The average molecular weight is 263 g/mol. The maximum Gasteiger partial charge on any atom is 0.216 e. The first-order valence-electron chi connectivity index (χ1n) is 6.39. The lowest BCUT2D eigenvalue weighted by molar-refractivity contribution is 0.365. The van der Waals surface area contributed by atoms with Crippen LogP contribution in [0, 0.1) is 6.92 Å². The predicted octanol–water partition coefficient (Wildman–Crippen LogP) is 1.11. The molecule has 2 aromatic heterocycles. The summed E-state index contributed by atoms with van der Waals surface area (Å²) in [7, 11) is 3.57. The molecule has 2 rings (SSSR count). The molecule has 0 saturated carbocycles. The van der Waals surface area contributed by atoms with Gasteiger partial charge in [0, 0.05) is 32.0 Å². The van der Waals surface area contributed by atoms with E-state index in [1.807, 2.05) is 30.9 Å². The maximum atomic E-state index is 5.38. The van der Waals surface area contributed by atoms with Crippen molar-refractivity contribution in [1.82, 2.24) is 24.9 Å². The van der Waals surface area contributed by atoms with Gasteiger partial charge in [-0.3, -0.25) is 4.68 Å². The minimum absolute atomic E-state index is 0.323. The van der Waals surface area contributed by atoms with Gasteiger partial charge in [0.15, 0.2) is 0 Å². The normalized spacial score (nSPS) is 12.6. The number of aromatic nitrogens is 4. The smallest absolute Gasteiger partial charge is 0.216 e. The SMILES string of the molecule is COc1c(CNC(C)Cn2cccn2)c(C)nn1C. The Balaban J connectivity index is 1.95. The van der Waals surface area contributed by atoms with Gasteiger partial charge in [-0.25, -0.2) is 4.68 Å². The third kappa shape index (κ3) is 3.14. The zero-order chi connectivity index (χ0) is 13.8. The first-order chi connectivity index (χ1) is 9.11. The summed E-state index contributed by atoms with van der Waals surface area (Å²) in [5.41, 5.74) is 2.11. The van der Waals surface area contributed by atoms with Crippen molar-refractivity contribution in [2.45, 2.75) is 33.0 Å². The van der Waals surface area contributed by atoms with Crippen molar-refractivity contribution < 1.29 is 4.74 Å². The standard InChI is InChI=1S/C13H21N5O/c1-10(9-18-7-5-6-15-18)14-8-12-11(2)16-17(3)13(12)19-4/h5-7,10,14H,8-9H2,1-4H3. The summed E-state index contributed by atoms with van der Waals surface area (Å²) in [4.78, 5) is 0. The topological polar surface area (TPSA) is 56.9 Å². The van der Waals surface area contributed by atoms with Gasteiger partial charge in [-0.05, 0) is 19.9 Å². The second-order valence-electron chi connectivity index (χ2n) is 4.71. The van der Waals surface area contributed by atoms with Crippen LogP contribution in [-0.4, -0.2) is 32.7 Å². The summed E-state index contributed by atoms with van der Waals surface area (Å²) in [6.07, 6.45) is 3.76. The number of rotatable bonds is 6. The number of aryl methyl sites for hydroxylation is 2. The lowest BCUT2D eigenvalue weighted by atomic mass is 10.2. The molecule has 2 aromatic rings. The predicted molar refractivity (Wildman–Crippen MR) is 73.0 cm³/mol. The fourth-order valence-electron chi connectivity index (χ4n) is 2.17. The molecule has 1 N–H and O–H groups in total. The Morgan fingerprint density at radius 2 is 2.26 bits per heavy atom. The van der Waals surface area contributed by atoms with Crippen LogP contribution in [0.1, 0.15) is 18.2 Å². The highest BCUT2D eigenvalue weighted by atomic mass is 16.5. The van der Waals surface area contributed by atoms with Gasteiger partial charge in [-0.2, -0.15) is 10.2 Å². The monoisotopic (exact) mass is 263 g/mol. The molecule has 0 bridgehead atoms. The fourth-order valence-corrected chi connectivity index (χ4v) is 2.17. The highest BCUT2D eigenvalue weighted by molar-refractivity contribution is 5.30. The van der Waals surface area contributed by atoms with Crippen molar-refractivity contribution in [2.24, 2.45) is 7.05 Å². The van der Waals surface area contributed by atoms with Crippen LogP contribution >= 0.6 is 0 Å². The van der Waals surface area contributed by atoms with Crippen molar-refractivity contribution in [3.8, 4) is 5.88 Å². The molecule has 19 heavy (non-hydrogen) atoms. The number of hydrogen-bond donors (Lipinski definition) is 1. The molecule has 0 aromatic carbocycles. The van der Waals surface area contributed by atoms with Gasteiger partial charge in [-0.1, -0.05) is 0 Å². The molecule has 2 heterocycles. The first kappa shape index (κ1) is 13.6. The van der Waals surface area contributed by atoms with Gasteiger partial charge >= 0.3 is 0 Å². The Kier molecular flexibility index (Phi) is 4.21. The van der Waals surface area contributed by atoms with Crippen molar-refractivity contribution in [2.75, 3.05) is 7.11 Å². The number of nitrogens with zero attached hydrogens (tertiary/aromatic N) is 4. The van der Waals surface area contributed by atoms with Crippen molar-refractivity contribution in [3.63, 3.8) is 0 Å². The third-order valence-electron chi connectivity index (χ3n) is 3.13. The lowest BCUT2D eigenvalue weighted by Crippen LogP contribution is -2.30. The molecule has 0 radical (unpaired) electrons. The van der Waals surface area contributed by atoms with Gasteiger partial charge in [-0.15, -0.1) is 0 Å². The zero-order valence-corrected chi connectivity index (χ0v) is 11.9. The van der Waals surface area contributed by atoms with Crippen LogP contribution in [0.4, 0.5) is 0 Å². The number of ether oxygens (including phenoxy) is 1.